The van der Waals surface area contributed by atoms with Crippen molar-refractivity contribution < 1.29 is 4.42 Å². The van der Waals surface area contributed by atoms with E-state index in [1.165, 1.54) is 11.1 Å². The Balaban J connectivity index is 1.88. The van der Waals surface area contributed by atoms with Crippen molar-refractivity contribution in [2.75, 3.05) is 13.6 Å². The van der Waals surface area contributed by atoms with Gasteiger partial charge in [0.25, 0.3) is 0 Å². The standard InChI is InChI=1S/C16H23N3O/c1-3-7-17-11-16-15(6-9-20-16)13-19(2)12-14-5-4-8-18-10-14/h4-6,8-10,17H,3,7,11-13H2,1-2H3. The summed E-state index contributed by atoms with van der Waals surface area (Å²) in [5, 5.41) is 3.38. The molecule has 20 heavy (non-hydrogen) atoms. The summed E-state index contributed by atoms with van der Waals surface area (Å²) < 4.78 is 5.56. The zero-order chi connectivity index (χ0) is 14.2. The Morgan fingerprint density at radius 2 is 2.20 bits per heavy atom. The van der Waals surface area contributed by atoms with Gasteiger partial charge in [-0.1, -0.05) is 13.0 Å². The van der Waals surface area contributed by atoms with Crippen LogP contribution < -0.4 is 5.32 Å². The predicted octanol–water partition coefficient (Wildman–Crippen LogP) is 2.81. The first kappa shape index (κ1) is 14.8. The first-order chi connectivity index (χ1) is 9.79. The minimum Gasteiger partial charge on any atom is -0.468 e. The van der Waals surface area contributed by atoms with Crippen LogP contribution in [-0.4, -0.2) is 23.5 Å². The van der Waals surface area contributed by atoms with E-state index < -0.39 is 0 Å². The van der Waals surface area contributed by atoms with Gasteiger partial charge in [0, 0.05) is 31.0 Å². The topological polar surface area (TPSA) is 41.3 Å². The van der Waals surface area contributed by atoms with Crippen molar-refractivity contribution in [2.45, 2.75) is 33.0 Å². The minimum absolute atomic E-state index is 0.802. The van der Waals surface area contributed by atoms with E-state index in [4.69, 9.17) is 4.42 Å². The highest BCUT2D eigenvalue weighted by molar-refractivity contribution is 5.17. The molecule has 0 aromatic carbocycles. The van der Waals surface area contributed by atoms with Crippen LogP contribution in [-0.2, 0) is 19.6 Å². The number of hydrogen-bond donors (Lipinski definition) is 1. The summed E-state index contributed by atoms with van der Waals surface area (Å²) in [7, 11) is 2.11. The molecule has 1 N–H and O–H groups in total. The quantitative estimate of drug-likeness (QED) is 0.751. The van der Waals surface area contributed by atoms with Crippen LogP contribution in [0.15, 0.2) is 41.3 Å². The Morgan fingerprint density at radius 3 is 2.95 bits per heavy atom. The Labute approximate surface area is 120 Å². The first-order valence-electron chi connectivity index (χ1n) is 7.13. The molecule has 2 aromatic heterocycles. The summed E-state index contributed by atoms with van der Waals surface area (Å²) in [5.41, 5.74) is 2.48. The summed E-state index contributed by atoms with van der Waals surface area (Å²) in [6.07, 6.45) is 6.62. The number of aromatic nitrogens is 1. The molecular formula is C16H23N3O. The average Bonchev–Trinajstić information content (AvgIpc) is 2.87. The van der Waals surface area contributed by atoms with E-state index in [1.54, 1.807) is 12.5 Å². The van der Waals surface area contributed by atoms with Crippen molar-refractivity contribution in [3.8, 4) is 0 Å². The molecule has 0 saturated heterocycles. The number of rotatable bonds is 8. The van der Waals surface area contributed by atoms with E-state index in [2.05, 4.69) is 41.3 Å². The van der Waals surface area contributed by atoms with Crippen molar-refractivity contribution in [1.82, 2.24) is 15.2 Å². The van der Waals surface area contributed by atoms with Crippen LogP contribution >= 0.6 is 0 Å². The lowest BCUT2D eigenvalue weighted by Gasteiger charge is -2.16. The van der Waals surface area contributed by atoms with Crippen molar-refractivity contribution in [3.63, 3.8) is 0 Å². The van der Waals surface area contributed by atoms with Gasteiger partial charge in [-0.2, -0.15) is 0 Å². The van der Waals surface area contributed by atoms with Gasteiger partial charge in [-0.3, -0.25) is 9.88 Å². The lowest BCUT2D eigenvalue weighted by atomic mass is 10.2. The van der Waals surface area contributed by atoms with Gasteiger partial charge in [-0.05, 0) is 37.7 Å². The Bertz CT molecular complexity index is 495. The third-order valence-corrected chi connectivity index (χ3v) is 3.17. The van der Waals surface area contributed by atoms with E-state index in [0.717, 1.165) is 38.4 Å². The maximum absolute atomic E-state index is 5.56. The van der Waals surface area contributed by atoms with Gasteiger partial charge in [0.15, 0.2) is 0 Å². The first-order valence-corrected chi connectivity index (χ1v) is 7.13. The van der Waals surface area contributed by atoms with Gasteiger partial charge in [0.1, 0.15) is 5.76 Å². The number of hydrogen-bond acceptors (Lipinski definition) is 4. The number of furan rings is 1. The normalized spacial score (nSPS) is 11.2. The van der Waals surface area contributed by atoms with Crippen LogP contribution in [0, 0.1) is 0 Å². The van der Waals surface area contributed by atoms with Crippen molar-refractivity contribution in [1.29, 1.82) is 0 Å². The smallest absolute Gasteiger partial charge is 0.122 e. The van der Waals surface area contributed by atoms with E-state index in [1.807, 2.05) is 12.3 Å². The number of nitrogens with zero attached hydrogens (tertiary/aromatic N) is 2. The van der Waals surface area contributed by atoms with E-state index in [-0.39, 0.29) is 0 Å². The molecule has 2 aromatic rings. The van der Waals surface area contributed by atoms with Gasteiger partial charge in [-0.15, -0.1) is 0 Å². The summed E-state index contributed by atoms with van der Waals surface area (Å²) in [4.78, 5) is 6.42. The Hall–Kier alpha value is -1.65. The molecule has 108 valence electrons. The summed E-state index contributed by atoms with van der Waals surface area (Å²) in [6, 6.07) is 6.13. The van der Waals surface area contributed by atoms with E-state index in [0.29, 0.717) is 0 Å². The largest absolute Gasteiger partial charge is 0.468 e. The highest BCUT2D eigenvalue weighted by atomic mass is 16.3. The summed E-state index contributed by atoms with van der Waals surface area (Å²) in [6.45, 7) is 5.76. The van der Waals surface area contributed by atoms with Gasteiger partial charge >= 0.3 is 0 Å². The summed E-state index contributed by atoms with van der Waals surface area (Å²) in [5.74, 6) is 1.04. The molecule has 4 nitrogen and oxygen atoms in total. The fourth-order valence-corrected chi connectivity index (χ4v) is 2.19. The van der Waals surface area contributed by atoms with Crippen LogP contribution in [0.1, 0.15) is 30.2 Å². The lowest BCUT2D eigenvalue weighted by molar-refractivity contribution is 0.314. The zero-order valence-corrected chi connectivity index (χ0v) is 12.3. The monoisotopic (exact) mass is 273 g/mol. The zero-order valence-electron chi connectivity index (χ0n) is 12.3. The van der Waals surface area contributed by atoms with Gasteiger partial charge in [-0.25, -0.2) is 0 Å². The number of nitrogens with one attached hydrogen (secondary N) is 1. The second-order valence-electron chi connectivity index (χ2n) is 5.08. The second-order valence-corrected chi connectivity index (χ2v) is 5.08. The highest BCUT2D eigenvalue weighted by Crippen LogP contribution is 2.14. The predicted molar refractivity (Wildman–Crippen MR) is 80.1 cm³/mol. The average molecular weight is 273 g/mol. The molecule has 0 aliphatic rings. The third kappa shape index (κ3) is 4.47. The molecule has 0 aliphatic carbocycles. The molecule has 0 amide bonds. The summed E-state index contributed by atoms with van der Waals surface area (Å²) >= 11 is 0. The van der Waals surface area contributed by atoms with Gasteiger partial charge in [0.2, 0.25) is 0 Å². The highest BCUT2D eigenvalue weighted by Gasteiger charge is 2.09. The fourth-order valence-electron chi connectivity index (χ4n) is 2.19. The second kappa shape index (κ2) is 7.82. The molecule has 0 atom stereocenters. The van der Waals surface area contributed by atoms with Gasteiger partial charge < -0.3 is 9.73 Å². The molecular weight excluding hydrogens is 250 g/mol. The van der Waals surface area contributed by atoms with E-state index >= 15 is 0 Å². The van der Waals surface area contributed by atoms with Crippen LogP contribution in [0.4, 0.5) is 0 Å². The SMILES string of the molecule is CCCNCc1occc1CN(C)Cc1cccnc1. The molecule has 0 fully saturated rings. The van der Waals surface area contributed by atoms with Crippen molar-refractivity contribution in [2.24, 2.45) is 0 Å². The molecule has 0 aliphatic heterocycles. The minimum atomic E-state index is 0.802. The number of pyridine rings is 1. The molecule has 0 radical (unpaired) electrons. The molecule has 0 bridgehead atoms. The van der Waals surface area contributed by atoms with Crippen LogP contribution in [0.2, 0.25) is 0 Å². The van der Waals surface area contributed by atoms with Crippen molar-refractivity contribution in [3.05, 3.63) is 53.7 Å². The Kier molecular flexibility index (Phi) is 5.77. The molecule has 0 saturated carbocycles. The molecule has 0 spiro atoms. The molecule has 2 rings (SSSR count). The van der Waals surface area contributed by atoms with Crippen LogP contribution in [0.25, 0.3) is 0 Å². The maximum Gasteiger partial charge on any atom is 0.122 e. The lowest BCUT2D eigenvalue weighted by Crippen LogP contribution is -2.19. The van der Waals surface area contributed by atoms with Crippen LogP contribution in [0.3, 0.4) is 0 Å². The van der Waals surface area contributed by atoms with E-state index in [9.17, 15) is 0 Å². The molecule has 2 heterocycles. The molecule has 4 heteroatoms. The van der Waals surface area contributed by atoms with Crippen molar-refractivity contribution >= 4 is 0 Å². The Morgan fingerprint density at radius 1 is 1.30 bits per heavy atom. The van der Waals surface area contributed by atoms with Gasteiger partial charge in [0.05, 0.1) is 12.8 Å². The molecule has 0 unspecified atom stereocenters. The maximum atomic E-state index is 5.56. The fraction of sp³-hybridized carbons (Fsp3) is 0.438. The van der Waals surface area contributed by atoms with Crippen LogP contribution in [0.5, 0.6) is 0 Å². The third-order valence-electron chi connectivity index (χ3n) is 3.17.